The Morgan fingerprint density at radius 3 is 2.40 bits per heavy atom. The second-order valence-electron chi connectivity index (χ2n) is 5.98. The largest absolute Gasteiger partial charge is 0.338 e. The number of carbonyl (C=O) groups is 2. The Kier molecular flexibility index (Phi) is 6.91. The average molecular weight is 369 g/mol. The lowest BCUT2D eigenvalue weighted by Gasteiger charge is -2.31. The fraction of sp³-hybridized carbons (Fsp3) is 0.500. The lowest BCUT2D eigenvalue weighted by atomic mass is 10.2. The third-order valence-corrected chi connectivity index (χ3v) is 5.87. The summed E-state index contributed by atoms with van der Waals surface area (Å²) >= 11 is 0. The summed E-state index contributed by atoms with van der Waals surface area (Å²) in [6, 6.07) is 8.58. The van der Waals surface area contributed by atoms with Gasteiger partial charge in [-0.1, -0.05) is 30.3 Å². The molecule has 1 fully saturated rings. The Morgan fingerprint density at radius 1 is 1.16 bits per heavy atom. The lowest BCUT2D eigenvalue weighted by Crippen LogP contribution is -3.15. The second-order valence-corrected chi connectivity index (χ2v) is 7.94. The number of quaternary nitrogens is 1. The molecule has 3 amide bonds. The van der Waals surface area contributed by atoms with E-state index in [4.69, 9.17) is 0 Å². The second kappa shape index (κ2) is 8.93. The van der Waals surface area contributed by atoms with Crippen molar-refractivity contribution in [3.05, 3.63) is 35.9 Å². The summed E-state index contributed by atoms with van der Waals surface area (Å²) in [4.78, 5) is 24.1. The summed E-state index contributed by atoms with van der Waals surface area (Å²) in [6.07, 6.45) is 0. The van der Waals surface area contributed by atoms with Crippen molar-refractivity contribution in [1.82, 2.24) is 14.9 Å². The first-order chi connectivity index (χ1) is 11.9. The molecule has 1 saturated heterocycles. The van der Waals surface area contributed by atoms with Crippen LogP contribution < -0.4 is 15.5 Å². The van der Waals surface area contributed by atoms with Crippen LogP contribution in [0.25, 0.3) is 0 Å². The molecule has 1 heterocycles. The van der Waals surface area contributed by atoms with Crippen LogP contribution in [-0.4, -0.2) is 63.9 Å². The normalized spacial score (nSPS) is 16.4. The van der Waals surface area contributed by atoms with E-state index < -0.39 is 16.1 Å². The number of benzene rings is 1. The fourth-order valence-corrected chi connectivity index (χ4v) is 4.27. The number of amides is 3. The Bertz CT molecular complexity index is 685. The fourth-order valence-electron chi connectivity index (χ4n) is 2.74. The van der Waals surface area contributed by atoms with E-state index in [0.717, 1.165) is 10.5 Å². The van der Waals surface area contributed by atoms with Crippen LogP contribution in [0.15, 0.2) is 30.3 Å². The molecule has 0 spiro atoms. The maximum atomic E-state index is 12.5. The number of piperazine rings is 1. The molecule has 1 aliphatic rings. The number of hydrogen-bond acceptors (Lipinski definition) is 4. The van der Waals surface area contributed by atoms with Crippen molar-refractivity contribution in [2.24, 2.45) is 0 Å². The molecule has 138 valence electrons. The van der Waals surface area contributed by atoms with Crippen LogP contribution in [0.2, 0.25) is 0 Å². The van der Waals surface area contributed by atoms with Crippen LogP contribution in [0.5, 0.6) is 0 Å². The van der Waals surface area contributed by atoms with Crippen molar-refractivity contribution in [3.63, 3.8) is 0 Å². The molecule has 3 N–H and O–H groups in total. The standard InChI is InChI=1S/C16H24N4O4S/c1-2-17-16(22)18-15(21)12-19-8-10-20(11-9-19)25(23,24)13-14-6-4-3-5-7-14/h3-7H,2,8-13H2,1H3,(H2,17,18,21,22)/p+1. The molecular weight excluding hydrogens is 344 g/mol. The maximum Gasteiger partial charge on any atom is 0.321 e. The van der Waals surface area contributed by atoms with Gasteiger partial charge >= 0.3 is 6.03 Å². The van der Waals surface area contributed by atoms with Gasteiger partial charge in [0.05, 0.1) is 31.9 Å². The summed E-state index contributed by atoms with van der Waals surface area (Å²) in [7, 11) is -3.36. The number of sulfonamides is 1. The quantitative estimate of drug-likeness (QED) is 0.572. The molecule has 0 bridgehead atoms. The monoisotopic (exact) mass is 369 g/mol. The van der Waals surface area contributed by atoms with Gasteiger partial charge in [0.2, 0.25) is 10.0 Å². The number of imide groups is 1. The highest BCUT2D eigenvalue weighted by molar-refractivity contribution is 7.88. The summed E-state index contributed by atoms with van der Waals surface area (Å²) < 4.78 is 26.4. The van der Waals surface area contributed by atoms with E-state index in [1.54, 1.807) is 19.1 Å². The molecule has 1 aliphatic heterocycles. The van der Waals surface area contributed by atoms with Crippen molar-refractivity contribution in [2.75, 3.05) is 39.3 Å². The third kappa shape index (κ3) is 6.11. The molecule has 0 aromatic heterocycles. The molecule has 1 aromatic carbocycles. The zero-order chi connectivity index (χ0) is 18.3. The molecule has 1 aromatic rings. The van der Waals surface area contributed by atoms with Crippen LogP contribution in [0.3, 0.4) is 0 Å². The van der Waals surface area contributed by atoms with Crippen molar-refractivity contribution in [1.29, 1.82) is 0 Å². The molecule has 25 heavy (non-hydrogen) atoms. The Balaban J connectivity index is 1.80. The van der Waals surface area contributed by atoms with Crippen LogP contribution in [0.4, 0.5) is 4.79 Å². The summed E-state index contributed by atoms with van der Waals surface area (Å²) in [5.74, 6) is -0.373. The maximum absolute atomic E-state index is 12.5. The van der Waals surface area contributed by atoms with E-state index in [0.29, 0.717) is 32.7 Å². The summed E-state index contributed by atoms with van der Waals surface area (Å²) in [5.41, 5.74) is 0.763. The molecule has 0 saturated carbocycles. The highest BCUT2D eigenvalue weighted by Crippen LogP contribution is 2.10. The number of nitrogens with zero attached hydrogens (tertiary/aromatic N) is 1. The van der Waals surface area contributed by atoms with E-state index in [9.17, 15) is 18.0 Å². The summed E-state index contributed by atoms with van der Waals surface area (Å²) in [5, 5.41) is 4.76. The molecule has 0 atom stereocenters. The molecule has 8 nitrogen and oxygen atoms in total. The van der Waals surface area contributed by atoms with Gasteiger partial charge in [-0.25, -0.2) is 13.2 Å². The molecule has 0 radical (unpaired) electrons. The van der Waals surface area contributed by atoms with Gasteiger partial charge in [0.1, 0.15) is 0 Å². The van der Waals surface area contributed by atoms with E-state index in [2.05, 4.69) is 10.6 Å². The van der Waals surface area contributed by atoms with Gasteiger partial charge in [-0.3, -0.25) is 10.1 Å². The van der Waals surface area contributed by atoms with E-state index in [-0.39, 0.29) is 18.2 Å². The Hall–Kier alpha value is -1.97. The van der Waals surface area contributed by atoms with Gasteiger partial charge in [-0.05, 0) is 12.5 Å². The van der Waals surface area contributed by atoms with Crippen molar-refractivity contribution < 1.29 is 22.9 Å². The van der Waals surface area contributed by atoms with Gasteiger partial charge in [0.15, 0.2) is 6.54 Å². The van der Waals surface area contributed by atoms with Crippen molar-refractivity contribution >= 4 is 22.0 Å². The highest BCUT2D eigenvalue weighted by Gasteiger charge is 2.30. The van der Waals surface area contributed by atoms with Crippen LogP contribution in [0, 0.1) is 0 Å². The minimum atomic E-state index is -3.36. The van der Waals surface area contributed by atoms with E-state index >= 15 is 0 Å². The average Bonchev–Trinajstić information content (AvgIpc) is 2.56. The molecule has 9 heteroatoms. The molecule has 2 rings (SSSR count). The minimum Gasteiger partial charge on any atom is -0.338 e. The molecular formula is C16H25N4O4S+. The first kappa shape index (κ1) is 19.4. The number of rotatable bonds is 6. The Labute approximate surface area is 148 Å². The first-order valence-electron chi connectivity index (χ1n) is 8.33. The zero-order valence-corrected chi connectivity index (χ0v) is 15.1. The van der Waals surface area contributed by atoms with Gasteiger partial charge in [0.25, 0.3) is 5.91 Å². The van der Waals surface area contributed by atoms with E-state index in [1.165, 1.54) is 4.31 Å². The van der Waals surface area contributed by atoms with Gasteiger partial charge in [-0.2, -0.15) is 4.31 Å². The predicted molar refractivity (Wildman–Crippen MR) is 93.4 cm³/mol. The van der Waals surface area contributed by atoms with Crippen LogP contribution in [-0.2, 0) is 20.6 Å². The van der Waals surface area contributed by atoms with Crippen molar-refractivity contribution in [3.8, 4) is 0 Å². The predicted octanol–water partition coefficient (Wildman–Crippen LogP) is -1.44. The summed E-state index contributed by atoms with van der Waals surface area (Å²) in [6.45, 7) is 4.20. The molecule has 0 aliphatic carbocycles. The zero-order valence-electron chi connectivity index (χ0n) is 14.3. The van der Waals surface area contributed by atoms with Crippen LogP contribution in [0.1, 0.15) is 12.5 Å². The topological polar surface area (TPSA) is 100 Å². The van der Waals surface area contributed by atoms with Crippen LogP contribution >= 0.6 is 0 Å². The van der Waals surface area contributed by atoms with Crippen molar-refractivity contribution in [2.45, 2.75) is 12.7 Å². The number of hydrogen-bond donors (Lipinski definition) is 3. The SMILES string of the molecule is CCNC(=O)NC(=O)C[NH+]1CCN(S(=O)(=O)Cc2ccccc2)CC1. The highest BCUT2D eigenvalue weighted by atomic mass is 32.2. The van der Waals surface area contributed by atoms with E-state index in [1.807, 2.05) is 18.2 Å². The third-order valence-electron chi connectivity index (χ3n) is 4.02. The minimum absolute atomic E-state index is 0.0130. The number of carbonyl (C=O) groups excluding carboxylic acids is 2. The molecule has 0 unspecified atom stereocenters. The Morgan fingerprint density at radius 2 is 1.80 bits per heavy atom. The van der Waals surface area contributed by atoms with Gasteiger partial charge in [0, 0.05) is 6.54 Å². The smallest absolute Gasteiger partial charge is 0.321 e. The van der Waals surface area contributed by atoms with Gasteiger partial charge < -0.3 is 10.2 Å². The first-order valence-corrected chi connectivity index (χ1v) is 9.94. The number of urea groups is 1. The van der Waals surface area contributed by atoms with Gasteiger partial charge in [-0.15, -0.1) is 0 Å². The number of nitrogens with one attached hydrogen (secondary N) is 3. The lowest BCUT2D eigenvalue weighted by molar-refractivity contribution is -0.895.